The molecule has 1 fully saturated rings. The van der Waals surface area contributed by atoms with Gasteiger partial charge in [-0.1, -0.05) is 12.1 Å². The van der Waals surface area contributed by atoms with Crippen molar-refractivity contribution >= 4 is 39.1 Å². The fourth-order valence-corrected chi connectivity index (χ4v) is 4.43. The molecule has 0 unspecified atom stereocenters. The lowest BCUT2D eigenvalue weighted by molar-refractivity contribution is 0.112. The minimum atomic E-state index is -0.428. The Balaban J connectivity index is 1.68. The van der Waals surface area contributed by atoms with E-state index in [-0.39, 0.29) is 0 Å². The molecule has 0 amide bonds. The van der Waals surface area contributed by atoms with Crippen LogP contribution in [0.2, 0.25) is 0 Å². The van der Waals surface area contributed by atoms with Crippen LogP contribution in [0.5, 0.6) is 0 Å². The van der Waals surface area contributed by atoms with E-state index in [4.69, 9.17) is 4.98 Å². The molecule has 0 spiro atoms. The van der Waals surface area contributed by atoms with E-state index in [0.29, 0.717) is 34.6 Å². The third-order valence-corrected chi connectivity index (χ3v) is 6.03. The van der Waals surface area contributed by atoms with Crippen molar-refractivity contribution in [1.29, 1.82) is 0 Å². The minimum absolute atomic E-state index is 0.297. The van der Waals surface area contributed by atoms with Crippen LogP contribution in [-0.2, 0) is 13.6 Å². The topological polar surface area (TPSA) is 55.6 Å². The van der Waals surface area contributed by atoms with Crippen molar-refractivity contribution in [3.63, 3.8) is 0 Å². The molecule has 0 saturated heterocycles. The first-order valence-corrected chi connectivity index (χ1v) is 9.85. The van der Waals surface area contributed by atoms with Crippen molar-refractivity contribution in [2.24, 2.45) is 13.0 Å². The van der Waals surface area contributed by atoms with Crippen LogP contribution >= 0.6 is 0 Å². The molecule has 1 N–H and O–H groups in total. The van der Waals surface area contributed by atoms with Gasteiger partial charge in [0.15, 0.2) is 5.82 Å². The fourth-order valence-electron chi connectivity index (χ4n) is 4.43. The summed E-state index contributed by atoms with van der Waals surface area (Å²) >= 11 is 0. The molecule has 1 aliphatic rings. The number of nitrogens with one attached hydrogen (secondary N) is 1. The molecule has 29 heavy (non-hydrogen) atoms. The van der Waals surface area contributed by atoms with E-state index in [9.17, 15) is 9.18 Å². The van der Waals surface area contributed by atoms with Crippen LogP contribution in [0.4, 0.5) is 4.39 Å². The van der Waals surface area contributed by atoms with Gasteiger partial charge in [0.1, 0.15) is 17.6 Å². The Morgan fingerprint density at radius 3 is 2.79 bits per heavy atom. The van der Waals surface area contributed by atoms with Crippen LogP contribution in [0.1, 0.15) is 23.2 Å². The minimum Gasteiger partial charge on any atom is -0.359 e. The van der Waals surface area contributed by atoms with Gasteiger partial charge in [-0.25, -0.2) is 9.37 Å². The van der Waals surface area contributed by atoms with Gasteiger partial charge in [0.05, 0.1) is 22.2 Å². The van der Waals surface area contributed by atoms with Gasteiger partial charge in [0.2, 0.25) is 0 Å². The lowest BCUT2D eigenvalue weighted by atomic mass is 10.2. The van der Waals surface area contributed by atoms with Gasteiger partial charge in [-0.2, -0.15) is 0 Å². The van der Waals surface area contributed by atoms with Gasteiger partial charge >= 0.3 is 0 Å². The average molecular weight is 386 g/mol. The summed E-state index contributed by atoms with van der Waals surface area (Å²) in [5.41, 5.74) is 4.46. The van der Waals surface area contributed by atoms with Crippen LogP contribution in [0.3, 0.4) is 0 Å². The van der Waals surface area contributed by atoms with Crippen LogP contribution in [-0.4, -0.2) is 25.4 Å². The summed E-state index contributed by atoms with van der Waals surface area (Å²) in [6.07, 6.45) is 5.09. The van der Waals surface area contributed by atoms with Crippen molar-refractivity contribution in [3.05, 3.63) is 54.0 Å². The second kappa shape index (κ2) is 5.80. The molecular weight excluding hydrogens is 367 g/mol. The van der Waals surface area contributed by atoms with Crippen molar-refractivity contribution in [2.45, 2.75) is 19.4 Å². The third kappa shape index (κ3) is 2.38. The molecule has 0 bridgehead atoms. The summed E-state index contributed by atoms with van der Waals surface area (Å²) in [6.45, 7) is 0.919. The van der Waals surface area contributed by atoms with Crippen LogP contribution in [0.15, 0.2) is 42.6 Å². The number of aryl methyl sites for hydroxylation is 1. The highest BCUT2D eigenvalue weighted by Gasteiger charge is 2.26. The van der Waals surface area contributed by atoms with Gasteiger partial charge in [-0.05, 0) is 43.0 Å². The second-order valence-electron chi connectivity index (χ2n) is 8.01. The third-order valence-electron chi connectivity index (χ3n) is 6.03. The zero-order valence-corrected chi connectivity index (χ0v) is 15.9. The summed E-state index contributed by atoms with van der Waals surface area (Å²) in [7, 11) is 1.83. The number of imidazole rings is 1. The number of hydrogen-bond donors (Lipinski definition) is 1. The fraction of sp³-hybridized carbons (Fsp3) is 0.217. The highest BCUT2D eigenvalue weighted by molar-refractivity contribution is 6.06. The summed E-state index contributed by atoms with van der Waals surface area (Å²) < 4.78 is 18.8. The monoisotopic (exact) mass is 386 g/mol. The molecule has 0 aliphatic heterocycles. The first-order valence-electron chi connectivity index (χ1n) is 9.85. The second-order valence-corrected chi connectivity index (χ2v) is 8.01. The largest absolute Gasteiger partial charge is 0.359 e. The predicted octanol–water partition coefficient (Wildman–Crippen LogP) is 5.04. The molecule has 0 radical (unpaired) electrons. The molecule has 1 saturated carbocycles. The molecule has 3 aromatic heterocycles. The Kier molecular flexibility index (Phi) is 3.30. The number of aromatic nitrogens is 4. The highest BCUT2D eigenvalue weighted by Crippen LogP contribution is 2.38. The standard InChI is InChI=1S/C23H19FN4O/c1-27-22-17(24)8-14(12-29)9-18(22)26-23(27)19-10-16-5-4-15-6-7-25-20(15)21(16)28(19)11-13-2-3-13/h4-10,12-13,25H,2-3,11H2,1H3. The Morgan fingerprint density at radius 1 is 1.17 bits per heavy atom. The number of hydrogen-bond acceptors (Lipinski definition) is 2. The number of carbonyl (C=O) groups excluding carboxylic acids is 1. The molecule has 6 heteroatoms. The lowest BCUT2D eigenvalue weighted by Crippen LogP contribution is -2.05. The zero-order chi connectivity index (χ0) is 19.7. The van der Waals surface area contributed by atoms with Crippen LogP contribution < -0.4 is 0 Å². The normalized spacial score (nSPS) is 14.4. The van der Waals surface area contributed by atoms with Gasteiger partial charge in [0, 0.05) is 36.1 Å². The molecule has 0 atom stereocenters. The van der Waals surface area contributed by atoms with E-state index in [1.165, 1.54) is 24.3 Å². The summed E-state index contributed by atoms with van der Waals surface area (Å²) in [5.74, 6) is 0.948. The molecule has 5 aromatic rings. The Labute approximate surface area is 165 Å². The number of H-pyrrole nitrogens is 1. The maximum atomic E-state index is 14.7. The number of fused-ring (bicyclic) bond motifs is 4. The number of aldehydes is 1. The van der Waals surface area contributed by atoms with E-state index >= 15 is 0 Å². The first-order chi connectivity index (χ1) is 14.1. The summed E-state index contributed by atoms with van der Waals surface area (Å²) in [5, 5.41) is 2.31. The molecule has 3 heterocycles. The maximum absolute atomic E-state index is 14.7. The number of halogens is 1. The number of benzene rings is 2. The number of aromatic amines is 1. The smallest absolute Gasteiger partial charge is 0.157 e. The van der Waals surface area contributed by atoms with E-state index in [2.05, 4.69) is 33.8 Å². The zero-order valence-electron chi connectivity index (χ0n) is 15.9. The maximum Gasteiger partial charge on any atom is 0.157 e. The molecule has 144 valence electrons. The Morgan fingerprint density at radius 2 is 2.00 bits per heavy atom. The van der Waals surface area contributed by atoms with Crippen molar-refractivity contribution in [1.82, 2.24) is 19.1 Å². The highest BCUT2D eigenvalue weighted by atomic mass is 19.1. The lowest BCUT2D eigenvalue weighted by Gasteiger charge is -2.11. The van der Waals surface area contributed by atoms with E-state index in [1.807, 2.05) is 13.2 Å². The first kappa shape index (κ1) is 16.5. The van der Waals surface area contributed by atoms with Gasteiger partial charge < -0.3 is 14.1 Å². The van der Waals surface area contributed by atoms with E-state index in [1.54, 1.807) is 10.6 Å². The van der Waals surface area contributed by atoms with E-state index in [0.717, 1.165) is 28.7 Å². The molecular formula is C23H19FN4O. The van der Waals surface area contributed by atoms with Gasteiger partial charge in [0.25, 0.3) is 0 Å². The van der Waals surface area contributed by atoms with E-state index < -0.39 is 5.82 Å². The number of rotatable bonds is 4. The quantitative estimate of drug-likeness (QED) is 0.440. The summed E-state index contributed by atoms with van der Waals surface area (Å²) in [4.78, 5) is 19.3. The van der Waals surface area contributed by atoms with Crippen molar-refractivity contribution in [2.75, 3.05) is 0 Å². The Bertz CT molecular complexity index is 1430. The molecule has 2 aromatic carbocycles. The van der Waals surface area contributed by atoms with Crippen molar-refractivity contribution in [3.8, 4) is 11.5 Å². The molecule has 5 nitrogen and oxygen atoms in total. The van der Waals surface area contributed by atoms with Crippen LogP contribution in [0, 0.1) is 11.7 Å². The SMILES string of the molecule is Cn1c(-c2cc3ccc4cc[nH]c4c3n2CC2CC2)nc2cc(C=O)cc(F)c21. The predicted molar refractivity (Wildman–Crippen MR) is 112 cm³/mol. The number of nitrogens with zero attached hydrogens (tertiary/aromatic N) is 3. The average Bonchev–Trinajstić information content (AvgIpc) is 3.12. The Hall–Kier alpha value is -3.41. The van der Waals surface area contributed by atoms with Gasteiger partial charge in [-0.15, -0.1) is 0 Å². The number of carbonyl (C=O) groups is 1. The molecule has 1 aliphatic carbocycles. The van der Waals surface area contributed by atoms with Gasteiger partial charge in [-0.3, -0.25) is 4.79 Å². The summed E-state index contributed by atoms with van der Waals surface area (Å²) in [6, 6.07) is 11.4. The van der Waals surface area contributed by atoms with Crippen LogP contribution in [0.25, 0.3) is 44.4 Å². The van der Waals surface area contributed by atoms with Crippen molar-refractivity contribution < 1.29 is 9.18 Å². The molecule has 6 rings (SSSR count).